The van der Waals surface area contributed by atoms with E-state index in [-0.39, 0.29) is 12.1 Å². The highest BCUT2D eigenvalue weighted by molar-refractivity contribution is 5.93. The normalized spacial score (nSPS) is 16.6. The Balaban J connectivity index is 1.64. The van der Waals surface area contributed by atoms with Crippen molar-refractivity contribution in [2.75, 3.05) is 13.7 Å². The number of carbonyl (C=O) groups is 1. The first-order valence-electron chi connectivity index (χ1n) is 7.67. The van der Waals surface area contributed by atoms with Crippen LogP contribution >= 0.6 is 0 Å². The summed E-state index contributed by atoms with van der Waals surface area (Å²) in [7, 11) is 1.60. The fourth-order valence-electron chi connectivity index (χ4n) is 2.80. The SMILES string of the molecule is COc1cc2c(cc1C)CC(COCc1ccccc1)OC2=O. The van der Waals surface area contributed by atoms with Crippen LogP contribution < -0.4 is 4.74 Å². The van der Waals surface area contributed by atoms with Gasteiger partial charge in [-0.05, 0) is 29.7 Å². The summed E-state index contributed by atoms with van der Waals surface area (Å²) in [5.41, 5.74) is 3.71. The largest absolute Gasteiger partial charge is 0.496 e. The van der Waals surface area contributed by atoms with E-state index < -0.39 is 0 Å². The number of methoxy groups -OCH3 is 1. The Morgan fingerprint density at radius 2 is 2.00 bits per heavy atom. The molecule has 2 aromatic carbocycles. The van der Waals surface area contributed by atoms with Gasteiger partial charge in [-0.25, -0.2) is 4.79 Å². The van der Waals surface area contributed by atoms with E-state index in [1.165, 1.54) is 0 Å². The third-order valence-electron chi connectivity index (χ3n) is 3.98. The average molecular weight is 312 g/mol. The summed E-state index contributed by atoms with van der Waals surface area (Å²) in [6.07, 6.45) is 0.423. The standard InChI is InChI=1S/C19H20O4/c1-13-8-15-9-16(12-22-11-14-6-4-3-5-7-14)23-19(20)17(15)10-18(13)21-2/h3-8,10,16H,9,11-12H2,1-2H3. The van der Waals surface area contributed by atoms with Gasteiger partial charge in [-0.2, -0.15) is 0 Å². The molecule has 0 aromatic heterocycles. The number of aryl methyl sites for hydroxylation is 1. The minimum absolute atomic E-state index is 0.244. The Morgan fingerprint density at radius 1 is 1.22 bits per heavy atom. The van der Waals surface area contributed by atoms with E-state index in [9.17, 15) is 4.79 Å². The van der Waals surface area contributed by atoms with Gasteiger partial charge in [0.2, 0.25) is 0 Å². The second-order valence-corrected chi connectivity index (χ2v) is 5.71. The Labute approximate surface area is 136 Å². The van der Waals surface area contributed by atoms with Crippen LogP contribution in [-0.2, 0) is 22.5 Å². The lowest BCUT2D eigenvalue weighted by Crippen LogP contribution is -2.31. The number of hydrogen-bond acceptors (Lipinski definition) is 4. The number of esters is 1. The van der Waals surface area contributed by atoms with Gasteiger partial charge in [0.1, 0.15) is 11.9 Å². The predicted molar refractivity (Wildman–Crippen MR) is 86.7 cm³/mol. The van der Waals surface area contributed by atoms with Gasteiger partial charge in [0, 0.05) is 6.42 Å². The lowest BCUT2D eigenvalue weighted by molar-refractivity contribution is -0.0123. The summed E-state index contributed by atoms with van der Waals surface area (Å²) >= 11 is 0. The molecular formula is C19H20O4. The summed E-state index contributed by atoms with van der Waals surface area (Å²) in [4.78, 5) is 12.2. The van der Waals surface area contributed by atoms with Gasteiger partial charge in [0.15, 0.2) is 0 Å². The van der Waals surface area contributed by atoms with E-state index in [0.29, 0.717) is 30.9 Å². The second-order valence-electron chi connectivity index (χ2n) is 5.71. The molecule has 0 bridgehead atoms. The van der Waals surface area contributed by atoms with Crippen molar-refractivity contribution in [3.05, 3.63) is 64.7 Å². The second kappa shape index (κ2) is 6.84. The van der Waals surface area contributed by atoms with Gasteiger partial charge in [0.05, 0.1) is 25.9 Å². The number of carbonyl (C=O) groups excluding carboxylic acids is 1. The summed E-state index contributed by atoms with van der Waals surface area (Å²) < 4.78 is 16.4. The van der Waals surface area contributed by atoms with Gasteiger partial charge in [-0.1, -0.05) is 36.4 Å². The van der Waals surface area contributed by atoms with Crippen molar-refractivity contribution < 1.29 is 19.0 Å². The average Bonchev–Trinajstić information content (AvgIpc) is 2.55. The number of ether oxygens (including phenoxy) is 3. The van der Waals surface area contributed by atoms with Crippen molar-refractivity contribution in [1.82, 2.24) is 0 Å². The van der Waals surface area contributed by atoms with Crippen LogP contribution in [0.5, 0.6) is 5.75 Å². The molecule has 1 unspecified atom stereocenters. The monoisotopic (exact) mass is 312 g/mol. The van der Waals surface area contributed by atoms with Crippen LogP contribution in [-0.4, -0.2) is 25.8 Å². The Morgan fingerprint density at radius 3 is 2.74 bits per heavy atom. The molecule has 0 saturated heterocycles. The van der Waals surface area contributed by atoms with Crippen molar-refractivity contribution in [3.63, 3.8) is 0 Å². The van der Waals surface area contributed by atoms with Gasteiger partial charge < -0.3 is 14.2 Å². The molecule has 4 heteroatoms. The number of hydrogen-bond donors (Lipinski definition) is 0. The maximum Gasteiger partial charge on any atom is 0.338 e. The fraction of sp³-hybridized carbons (Fsp3) is 0.316. The van der Waals surface area contributed by atoms with Crippen LogP contribution in [0.25, 0.3) is 0 Å². The Bertz CT molecular complexity index is 694. The van der Waals surface area contributed by atoms with Gasteiger partial charge in [-0.15, -0.1) is 0 Å². The molecule has 0 amide bonds. The van der Waals surface area contributed by atoms with E-state index in [0.717, 1.165) is 16.7 Å². The van der Waals surface area contributed by atoms with E-state index in [4.69, 9.17) is 14.2 Å². The lowest BCUT2D eigenvalue weighted by atomic mass is 9.96. The third kappa shape index (κ3) is 3.54. The van der Waals surface area contributed by atoms with E-state index in [1.807, 2.05) is 43.3 Å². The van der Waals surface area contributed by atoms with Crippen LogP contribution in [0.15, 0.2) is 42.5 Å². The van der Waals surface area contributed by atoms with Crippen LogP contribution in [0.4, 0.5) is 0 Å². The quantitative estimate of drug-likeness (QED) is 0.795. The molecule has 4 nitrogen and oxygen atoms in total. The topological polar surface area (TPSA) is 44.8 Å². The minimum atomic E-state index is -0.308. The highest BCUT2D eigenvalue weighted by Gasteiger charge is 2.27. The first-order chi connectivity index (χ1) is 11.2. The summed E-state index contributed by atoms with van der Waals surface area (Å²) in [6.45, 7) is 2.88. The van der Waals surface area contributed by atoms with Gasteiger partial charge in [0.25, 0.3) is 0 Å². The summed E-state index contributed by atoms with van der Waals surface area (Å²) in [5, 5.41) is 0. The molecule has 1 heterocycles. The third-order valence-corrected chi connectivity index (χ3v) is 3.98. The summed E-state index contributed by atoms with van der Waals surface area (Å²) in [6, 6.07) is 13.7. The molecular weight excluding hydrogens is 292 g/mol. The maximum atomic E-state index is 12.2. The van der Waals surface area contributed by atoms with Crippen molar-refractivity contribution in [3.8, 4) is 5.75 Å². The van der Waals surface area contributed by atoms with Crippen LogP contribution in [0, 0.1) is 6.92 Å². The van der Waals surface area contributed by atoms with Crippen molar-refractivity contribution in [2.24, 2.45) is 0 Å². The molecule has 1 aliphatic heterocycles. The molecule has 0 fully saturated rings. The Hall–Kier alpha value is -2.33. The molecule has 1 atom stereocenters. The minimum Gasteiger partial charge on any atom is -0.496 e. The van der Waals surface area contributed by atoms with Crippen molar-refractivity contribution >= 4 is 5.97 Å². The first-order valence-corrected chi connectivity index (χ1v) is 7.67. The molecule has 23 heavy (non-hydrogen) atoms. The van der Waals surface area contributed by atoms with Gasteiger partial charge in [-0.3, -0.25) is 0 Å². The smallest absolute Gasteiger partial charge is 0.338 e. The van der Waals surface area contributed by atoms with E-state index >= 15 is 0 Å². The zero-order valence-corrected chi connectivity index (χ0v) is 13.4. The molecule has 3 rings (SSSR count). The number of rotatable bonds is 5. The van der Waals surface area contributed by atoms with Crippen molar-refractivity contribution in [1.29, 1.82) is 0 Å². The maximum absolute atomic E-state index is 12.2. The highest BCUT2D eigenvalue weighted by Crippen LogP contribution is 2.28. The number of benzene rings is 2. The lowest BCUT2D eigenvalue weighted by Gasteiger charge is -2.25. The number of cyclic esters (lactones) is 1. The first kappa shape index (κ1) is 15.6. The molecule has 120 valence electrons. The highest BCUT2D eigenvalue weighted by atomic mass is 16.6. The zero-order chi connectivity index (χ0) is 16.2. The fourth-order valence-corrected chi connectivity index (χ4v) is 2.80. The number of fused-ring (bicyclic) bond motifs is 1. The molecule has 0 saturated carbocycles. The Kier molecular flexibility index (Phi) is 4.63. The molecule has 0 N–H and O–H groups in total. The predicted octanol–water partition coefficient (Wildman–Crippen LogP) is 3.30. The van der Waals surface area contributed by atoms with E-state index in [1.54, 1.807) is 13.2 Å². The summed E-state index contributed by atoms with van der Waals surface area (Å²) in [5.74, 6) is 0.400. The van der Waals surface area contributed by atoms with Crippen molar-refractivity contribution in [2.45, 2.75) is 26.1 Å². The molecule has 0 spiro atoms. The van der Waals surface area contributed by atoms with Gasteiger partial charge >= 0.3 is 5.97 Å². The molecule has 0 aliphatic carbocycles. The zero-order valence-electron chi connectivity index (χ0n) is 13.4. The molecule has 0 radical (unpaired) electrons. The molecule has 2 aromatic rings. The van der Waals surface area contributed by atoms with Crippen LogP contribution in [0.3, 0.4) is 0 Å². The van der Waals surface area contributed by atoms with E-state index in [2.05, 4.69) is 0 Å². The van der Waals surface area contributed by atoms with Crippen LogP contribution in [0.1, 0.15) is 27.0 Å². The molecule has 1 aliphatic rings. The van der Waals surface area contributed by atoms with Crippen LogP contribution in [0.2, 0.25) is 0 Å².